The molecule has 3 rings (SSSR count). The third kappa shape index (κ3) is 10.3. The van der Waals surface area contributed by atoms with Crippen molar-refractivity contribution in [1.29, 1.82) is 0 Å². The van der Waals surface area contributed by atoms with Crippen molar-refractivity contribution in [2.75, 3.05) is 5.32 Å². The van der Waals surface area contributed by atoms with Gasteiger partial charge in [0, 0.05) is 18.7 Å². The molecule has 0 aromatic heterocycles. The van der Waals surface area contributed by atoms with Gasteiger partial charge in [0.15, 0.2) is 0 Å². The number of hydrogen-bond donors (Lipinski definition) is 5. The lowest BCUT2D eigenvalue weighted by Gasteiger charge is -2.24. The fraction of sp³-hybridized carbons (Fsp3) is 0.290. The number of carbonyl (C=O) groups is 4. The molecule has 40 heavy (non-hydrogen) atoms. The van der Waals surface area contributed by atoms with Gasteiger partial charge in [0.05, 0.1) is 6.04 Å². The van der Waals surface area contributed by atoms with E-state index in [0.717, 1.165) is 11.1 Å². The number of benzene rings is 3. The van der Waals surface area contributed by atoms with Gasteiger partial charge < -0.3 is 21.1 Å². The molecule has 0 heterocycles. The summed E-state index contributed by atoms with van der Waals surface area (Å²) in [5.41, 5.74) is 2.50. The van der Waals surface area contributed by atoms with Crippen LogP contribution < -0.4 is 21.3 Å². The third-order valence-corrected chi connectivity index (χ3v) is 6.37. The first kappa shape index (κ1) is 30.0. The van der Waals surface area contributed by atoms with Crippen LogP contribution in [0.5, 0.6) is 0 Å². The molecule has 0 fully saturated rings. The minimum absolute atomic E-state index is 0.00757. The first-order valence-corrected chi connectivity index (χ1v) is 13.3. The molecule has 0 saturated heterocycles. The van der Waals surface area contributed by atoms with Gasteiger partial charge >= 0.3 is 5.97 Å². The Hall–Kier alpha value is -4.50. The molecule has 0 radical (unpaired) electrons. The fourth-order valence-electron chi connectivity index (χ4n) is 4.07. The summed E-state index contributed by atoms with van der Waals surface area (Å²) in [6, 6.07) is 24.9. The Morgan fingerprint density at radius 3 is 1.90 bits per heavy atom. The number of carbonyl (C=O) groups excluding carboxylic acids is 3. The van der Waals surface area contributed by atoms with E-state index in [1.807, 2.05) is 66.7 Å². The number of carboxylic acid groups (broad SMARTS) is 1. The molecule has 9 nitrogen and oxygen atoms in total. The quantitative estimate of drug-likeness (QED) is 0.199. The van der Waals surface area contributed by atoms with Crippen LogP contribution in [0, 0.1) is 0 Å². The molecule has 0 aliphatic carbocycles. The van der Waals surface area contributed by atoms with E-state index in [0.29, 0.717) is 25.1 Å². The summed E-state index contributed by atoms with van der Waals surface area (Å²) in [4.78, 5) is 50.7. The van der Waals surface area contributed by atoms with Crippen molar-refractivity contribution in [3.63, 3.8) is 0 Å². The monoisotopic (exact) mass is 544 g/mol. The number of anilines is 1. The van der Waals surface area contributed by atoms with Gasteiger partial charge in [0.2, 0.25) is 17.7 Å². The number of aryl methyl sites for hydroxylation is 1. The highest BCUT2D eigenvalue weighted by Gasteiger charge is 2.28. The summed E-state index contributed by atoms with van der Waals surface area (Å²) in [7, 11) is 0. The van der Waals surface area contributed by atoms with Crippen molar-refractivity contribution < 1.29 is 24.3 Å². The number of aliphatic carboxylic acids is 1. The number of nitrogens with one attached hydrogen (secondary N) is 4. The Morgan fingerprint density at radius 2 is 1.30 bits per heavy atom. The molecular formula is C31H36N4O5. The van der Waals surface area contributed by atoms with Crippen molar-refractivity contribution in [1.82, 2.24) is 16.0 Å². The van der Waals surface area contributed by atoms with Gasteiger partial charge in [-0.3, -0.25) is 24.5 Å². The number of hydrogen-bond acceptors (Lipinski definition) is 5. The van der Waals surface area contributed by atoms with Gasteiger partial charge in [-0.15, -0.1) is 0 Å². The maximum atomic E-state index is 13.4. The lowest BCUT2D eigenvalue weighted by atomic mass is 10.0. The third-order valence-electron chi connectivity index (χ3n) is 6.37. The van der Waals surface area contributed by atoms with Crippen LogP contribution in [0.4, 0.5) is 5.69 Å². The van der Waals surface area contributed by atoms with Crippen LogP contribution in [0.3, 0.4) is 0 Å². The first-order chi connectivity index (χ1) is 19.3. The van der Waals surface area contributed by atoms with E-state index >= 15 is 0 Å². The standard InChI is InChI=1S/C31H36N4O5/c1-22(31(39)40)33-26(18-17-23-11-5-2-6-12-23)30(38)35-27(29(37)34-25-15-9-4-10-16-25)19-20-28(36)32-21-24-13-7-3-8-14-24/h2-16,22,26-27,33H,17-21H2,1H3,(H,32,36)(H,34,37)(H,35,38)(H,39,40)/t22-,26+,27+/m1/s1. The second-order valence-corrected chi connectivity index (χ2v) is 9.52. The second kappa shape index (κ2) is 15.8. The molecular weight excluding hydrogens is 508 g/mol. The molecule has 210 valence electrons. The van der Waals surface area contributed by atoms with E-state index < -0.39 is 35.9 Å². The zero-order valence-electron chi connectivity index (χ0n) is 22.5. The van der Waals surface area contributed by atoms with Crippen LogP contribution in [0.2, 0.25) is 0 Å². The minimum atomic E-state index is -1.09. The van der Waals surface area contributed by atoms with Crippen LogP contribution in [-0.2, 0) is 32.1 Å². The van der Waals surface area contributed by atoms with Crippen molar-refractivity contribution in [2.24, 2.45) is 0 Å². The van der Waals surface area contributed by atoms with E-state index in [1.54, 1.807) is 24.3 Å². The van der Waals surface area contributed by atoms with Gasteiger partial charge in [-0.2, -0.15) is 0 Å². The number of para-hydroxylation sites is 1. The van der Waals surface area contributed by atoms with Crippen molar-refractivity contribution in [3.05, 3.63) is 102 Å². The van der Waals surface area contributed by atoms with Crippen LogP contribution in [0.1, 0.15) is 37.3 Å². The lowest BCUT2D eigenvalue weighted by Crippen LogP contribution is -2.54. The Bertz CT molecular complexity index is 1240. The molecule has 5 N–H and O–H groups in total. The van der Waals surface area contributed by atoms with Crippen molar-refractivity contribution in [3.8, 4) is 0 Å². The highest BCUT2D eigenvalue weighted by atomic mass is 16.4. The highest BCUT2D eigenvalue weighted by molar-refractivity contribution is 5.98. The molecule has 9 heteroatoms. The molecule has 3 aromatic carbocycles. The topological polar surface area (TPSA) is 137 Å². The van der Waals surface area contributed by atoms with Crippen LogP contribution in [0.25, 0.3) is 0 Å². The van der Waals surface area contributed by atoms with Crippen LogP contribution in [0.15, 0.2) is 91.0 Å². The molecule has 3 aromatic rings. The summed E-state index contributed by atoms with van der Waals surface area (Å²) < 4.78 is 0. The summed E-state index contributed by atoms with van der Waals surface area (Å²) in [6.07, 6.45) is 0.914. The molecule has 3 atom stereocenters. The van der Waals surface area contributed by atoms with Crippen molar-refractivity contribution in [2.45, 2.75) is 57.3 Å². The van der Waals surface area contributed by atoms with E-state index in [9.17, 15) is 24.3 Å². The maximum Gasteiger partial charge on any atom is 0.320 e. The summed E-state index contributed by atoms with van der Waals surface area (Å²) in [5.74, 6) is -2.33. The van der Waals surface area contributed by atoms with Gasteiger partial charge in [-0.25, -0.2) is 0 Å². The Balaban J connectivity index is 1.69. The molecule has 0 unspecified atom stereocenters. The SMILES string of the molecule is C[C@@H](N[C@@H](CCc1ccccc1)C(=O)N[C@@H](CCC(=O)NCc1ccccc1)C(=O)Nc1ccccc1)C(=O)O. The predicted molar refractivity (Wildman–Crippen MR) is 153 cm³/mol. The van der Waals surface area contributed by atoms with Gasteiger partial charge in [-0.05, 0) is 49.4 Å². The maximum absolute atomic E-state index is 13.4. The molecule has 0 bridgehead atoms. The average Bonchev–Trinajstić information content (AvgIpc) is 2.97. The number of carboxylic acids is 1. The predicted octanol–water partition coefficient (Wildman–Crippen LogP) is 3.27. The van der Waals surface area contributed by atoms with Crippen molar-refractivity contribution >= 4 is 29.4 Å². The van der Waals surface area contributed by atoms with E-state index in [1.165, 1.54) is 6.92 Å². The van der Waals surface area contributed by atoms with E-state index in [-0.39, 0.29) is 18.7 Å². The summed E-state index contributed by atoms with van der Waals surface area (Å²) >= 11 is 0. The molecule has 0 saturated carbocycles. The lowest BCUT2D eigenvalue weighted by molar-refractivity contribution is -0.139. The summed E-state index contributed by atoms with van der Waals surface area (Å²) in [5, 5.41) is 20.6. The summed E-state index contributed by atoms with van der Waals surface area (Å²) in [6.45, 7) is 1.81. The average molecular weight is 545 g/mol. The fourth-order valence-corrected chi connectivity index (χ4v) is 4.07. The van der Waals surface area contributed by atoms with Crippen LogP contribution in [-0.4, -0.2) is 46.9 Å². The highest BCUT2D eigenvalue weighted by Crippen LogP contribution is 2.11. The Kier molecular flexibility index (Phi) is 11.9. The smallest absolute Gasteiger partial charge is 0.320 e. The molecule has 0 spiro atoms. The zero-order valence-corrected chi connectivity index (χ0v) is 22.5. The van der Waals surface area contributed by atoms with Gasteiger partial charge in [0.1, 0.15) is 12.1 Å². The first-order valence-electron chi connectivity index (χ1n) is 13.3. The van der Waals surface area contributed by atoms with E-state index in [4.69, 9.17) is 0 Å². The van der Waals surface area contributed by atoms with Crippen LogP contribution >= 0.6 is 0 Å². The Morgan fingerprint density at radius 1 is 0.725 bits per heavy atom. The van der Waals surface area contributed by atoms with E-state index in [2.05, 4.69) is 21.3 Å². The van der Waals surface area contributed by atoms with Gasteiger partial charge in [-0.1, -0.05) is 78.9 Å². The molecule has 3 amide bonds. The second-order valence-electron chi connectivity index (χ2n) is 9.52. The number of rotatable bonds is 15. The number of amides is 3. The Labute approximate surface area is 234 Å². The molecule has 0 aliphatic heterocycles. The molecule has 0 aliphatic rings. The normalized spacial score (nSPS) is 12.9. The largest absolute Gasteiger partial charge is 0.480 e. The van der Waals surface area contributed by atoms with Gasteiger partial charge in [0.25, 0.3) is 0 Å². The minimum Gasteiger partial charge on any atom is -0.480 e. The zero-order chi connectivity index (χ0) is 28.7.